The third-order valence-electron chi connectivity index (χ3n) is 7.89. The molecule has 1 saturated heterocycles. The second-order valence-electron chi connectivity index (χ2n) is 10.9. The zero-order valence-electron chi connectivity index (χ0n) is 27.1. The van der Waals surface area contributed by atoms with E-state index in [1.165, 1.54) is 0 Å². The molecule has 0 unspecified atom stereocenters. The number of ether oxygens (including phenoxy) is 9. The SMILES string of the molecule is COc1ccc(CO[C@@H]2[C@@H](OCc3ccc(OC)cc3)[C@@H](Oc3ccc(OC)cc3)O[C@H](CO)[C@H]2OCc2ccc(OC)cc2)cc1. The molecule has 4 aromatic carbocycles. The summed E-state index contributed by atoms with van der Waals surface area (Å²) in [6.45, 7) is 0.389. The van der Waals surface area contributed by atoms with E-state index in [0.717, 1.165) is 33.9 Å². The van der Waals surface area contributed by atoms with Gasteiger partial charge in [0.1, 0.15) is 53.2 Å². The Morgan fingerprint density at radius 2 is 0.809 bits per heavy atom. The van der Waals surface area contributed by atoms with Crippen LogP contribution in [-0.4, -0.2) is 70.9 Å². The fourth-order valence-electron chi connectivity index (χ4n) is 5.22. The second-order valence-corrected chi connectivity index (χ2v) is 10.9. The summed E-state index contributed by atoms with van der Waals surface area (Å²) in [5.41, 5.74) is 2.76. The van der Waals surface area contributed by atoms with Crippen molar-refractivity contribution in [3.8, 4) is 28.7 Å². The average Bonchev–Trinajstić information content (AvgIpc) is 3.13. The minimum atomic E-state index is -0.944. The molecule has 47 heavy (non-hydrogen) atoms. The van der Waals surface area contributed by atoms with E-state index in [1.54, 1.807) is 52.7 Å². The number of benzene rings is 4. The lowest BCUT2D eigenvalue weighted by molar-refractivity contribution is -0.308. The maximum absolute atomic E-state index is 10.6. The molecule has 250 valence electrons. The van der Waals surface area contributed by atoms with Crippen LogP contribution in [0, 0.1) is 0 Å². The summed E-state index contributed by atoms with van der Waals surface area (Å²) in [6.07, 6.45) is -3.90. The first kappa shape index (κ1) is 34.0. The molecule has 1 N–H and O–H groups in total. The summed E-state index contributed by atoms with van der Waals surface area (Å²) in [6, 6.07) is 30.0. The second kappa shape index (κ2) is 17.0. The van der Waals surface area contributed by atoms with Gasteiger partial charge in [0.15, 0.2) is 0 Å². The Labute approximate surface area is 275 Å². The van der Waals surface area contributed by atoms with Crippen LogP contribution in [-0.2, 0) is 38.8 Å². The topological polar surface area (TPSA) is 103 Å². The van der Waals surface area contributed by atoms with E-state index in [9.17, 15) is 5.11 Å². The molecule has 0 aromatic heterocycles. The molecule has 1 aliphatic rings. The highest BCUT2D eigenvalue weighted by atomic mass is 16.7. The Morgan fingerprint density at radius 1 is 0.468 bits per heavy atom. The third kappa shape index (κ3) is 9.15. The van der Waals surface area contributed by atoms with Gasteiger partial charge in [-0.05, 0) is 77.4 Å². The predicted molar refractivity (Wildman–Crippen MR) is 174 cm³/mol. The molecule has 10 heteroatoms. The molecule has 1 fully saturated rings. The third-order valence-corrected chi connectivity index (χ3v) is 7.89. The normalized spacial score (nSPS) is 20.7. The van der Waals surface area contributed by atoms with E-state index in [2.05, 4.69) is 0 Å². The van der Waals surface area contributed by atoms with Gasteiger partial charge in [0.2, 0.25) is 6.29 Å². The molecule has 0 amide bonds. The molecule has 0 radical (unpaired) electrons. The molecule has 0 saturated carbocycles. The standard InChI is InChI=1S/C37H42O10/c1-39-28-11-5-25(6-12-28)22-43-34-33(21-38)47-37(46-32-19-17-31(42-4)18-20-32)36(45-24-27-9-15-30(41-3)16-10-27)35(34)44-23-26-7-13-29(40-2)14-8-26/h5-20,33-38H,21-24H2,1-4H3/t33-,34-,35+,36-,37+/m1/s1. The van der Waals surface area contributed by atoms with Crippen molar-refractivity contribution in [2.24, 2.45) is 0 Å². The maximum atomic E-state index is 10.6. The first-order valence-electron chi connectivity index (χ1n) is 15.3. The summed E-state index contributed by atoms with van der Waals surface area (Å²) in [4.78, 5) is 0. The number of hydrogen-bond donors (Lipinski definition) is 1. The Kier molecular flexibility index (Phi) is 12.3. The van der Waals surface area contributed by atoms with Gasteiger partial charge >= 0.3 is 0 Å². The number of rotatable bonds is 16. The van der Waals surface area contributed by atoms with Gasteiger partial charge in [-0.25, -0.2) is 0 Å². The van der Waals surface area contributed by atoms with E-state index in [4.69, 9.17) is 42.6 Å². The van der Waals surface area contributed by atoms with Crippen molar-refractivity contribution in [2.45, 2.75) is 50.5 Å². The zero-order chi connectivity index (χ0) is 33.0. The predicted octanol–water partition coefficient (Wildman–Crippen LogP) is 5.57. The molecule has 4 aromatic rings. The Bertz CT molecular complexity index is 1480. The minimum absolute atomic E-state index is 0.234. The van der Waals surface area contributed by atoms with Gasteiger partial charge in [-0.15, -0.1) is 0 Å². The summed E-state index contributed by atoms with van der Waals surface area (Å²) in [5, 5.41) is 10.6. The average molecular weight is 647 g/mol. The van der Waals surface area contributed by atoms with Crippen molar-refractivity contribution in [1.29, 1.82) is 0 Å². The summed E-state index contributed by atoms with van der Waals surface area (Å²) in [7, 11) is 6.48. The molecule has 5 atom stereocenters. The first-order chi connectivity index (χ1) is 23.0. The molecular weight excluding hydrogens is 604 g/mol. The Hall–Kier alpha value is -4.32. The van der Waals surface area contributed by atoms with Crippen molar-refractivity contribution in [3.05, 3.63) is 114 Å². The van der Waals surface area contributed by atoms with E-state index in [0.29, 0.717) is 11.5 Å². The minimum Gasteiger partial charge on any atom is -0.497 e. The van der Waals surface area contributed by atoms with Crippen molar-refractivity contribution >= 4 is 0 Å². The molecule has 0 bridgehead atoms. The molecule has 1 heterocycles. The van der Waals surface area contributed by atoms with Crippen molar-refractivity contribution in [3.63, 3.8) is 0 Å². The van der Waals surface area contributed by atoms with Gasteiger partial charge in [-0.3, -0.25) is 0 Å². The van der Waals surface area contributed by atoms with Gasteiger partial charge in [-0.1, -0.05) is 36.4 Å². The van der Waals surface area contributed by atoms with Crippen LogP contribution >= 0.6 is 0 Å². The molecule has 0 aliphatic carbocycles. The monoisotopic (exact) mass is 646 g/mol. The van der Waals surface area contributed by atoms with E-state index in [-0.39, 0.29) is 26.4 Å². The van der Waals surface area contributed by atoms with E-state index >= 15 is 0 Å². The quantitative estimate of drug-likeness (QED) is 0.166. The van der Waals surface area contributed by atoms with Gasteiger partial charge in [-0.2, -0.15) is 0 Å². The van der Waals surface area contributed by atoms with Gasteiger partial charge in [0, 0.05) is 0 Å². The van der Waals surface area contributed by atoms with E-state index < -0.39 is 30.7 Å². The molecular formula is C37H42O10. The van der Waals surface area contributed by atoms with Crippen LogP contribution in [0.25, 0.3) is 0 Å². The zero-order valence-corrected chi connectivity index (χ0v) is 27.1. The lowest BCUT2D eigenvalue weighted by Gasteiger charge is -2.45. The van der Waals surface area contributed by atoms with Crippen molar-refractivity contribution in [1.82, 2.24) is 0 Å². The van der Waals surface area contributed by atoms with Gasteiger partial charge < -0.3 is 47.7 Å². The van der Waals surface area contributed by atoms with Crippen molar-refractivity contribution in [2.75, 3.05) is 35.0 Å². The van der Waals surface area contributed by atoms with Crippen LogP contribution in [0.15, 0.2) is 97.1 Å². The van der Waals surface area contributed by atoms with Gasteiger partial charge in [0.25, 0.3) is 0 Å². The summed E-state index contributed by atoms with van der Waals surface area (Å²) >= 11 is 0. The largest absolute Gasteiger partial charge is 0.497 e. The van der Waals surface area contributed by atoms with Crippen LogP contribution in [0.5, 0.6) is 28.7 Å². The fraction of sp³-hybridized carbons (Fsp3) is 0.351. The summed E-state index contributed by atoms with van der Waals surface area (Å²) in [5.74, 6) is 3.46. The lowest BCUT2D eigenvalue weighted by atomic mass is 9.97. The molecule has 5 rings (SSSR count). The highest BCUT2D eigenvalue weighted by Gasteiger charge is 2.49. The Morgan fingerprint density at radius 3 is 1.19 bits per heavy atom. The number of aliphatic hydroxyl groups is 1. The molecule has 10 nitrogen and oxygen atoms in total. The molecule has 1 aliphatic heterocycles. The number of hydrogen-bond acceptors (Lipinski definition) is 10. The smallest absolute Gasteiger partial charge is 0.229 e. The van der Waals surface area contributed by atoms with Crippen LogP contribution in [0.4, 0.5) is 0 Å². The Balaban J connectivity index is 1.45. The maximum Gasteiger partial charge on any atom is 0.229 e. The van der Waals surface area contributed by atoms with Crippen LogP contribution in [0.3, 0.4) is 0 Å². The van der Waals surface area contributed by atoms with Crippen LogP contribution in [0.2, 0.25) is 0 Å². The fourth-order valence-corrected chi connectivity index (χ4v) is 5.22. The highest BCUT2D eigenvalue weighted by molar-refractivity contribution is 5.32. The van der Waals surface area contributed by atoms with Gasteiger partial charge in [0.05, 0.1) is 54.9 Å². The highest BCUT2D eigenvalue weighted by Crippen LogP contribution is 2.33. The van der Waals surface area contributed by atoms with Crippen LogP contribution in [0.1, 0.15) is 16.7 Å². The lowest BCUT2D eigenvalue weighted by Crippen LogP contribution is -2.62. The van der Waals surface area contributed by atoms with Crippen LogP contribution < -0.4 is 23.7 Å². The number of aliphatic hydroxyl groups excluding tert-OH is 1. The van der Waals surface area contributed by atoms with Crippen molar-refractivity contribution < 1.29 is 47.7 Å². The molecule has 0 spiro atoms. The first-order valence-corrected chi connectivity index (χ1v) is 15.3. The summed E-state index contributed by atoms with van der Waals surface area (Å²) < 4.78 is 53.7. The number of methoxy groups -OCH3 is 4. The van der Waals surface area contributed by atoms with E-state index in [1.807, 2.05) is 72.8 Å².